The van der Waals surface area contributed by atoms with Gasteiger partial charge < -0.3 is 10.6 Å². The lowest BCUT2D eigenvalue weighted by Crippen LogP contribution is -2.40. The molecule has 0 radical (unpaired) electrons. The number of amides is 1. The number of carbonyl (C=O) groups excluding carboxylic acids is 1. The average molecular weight is 352 g/mol. The van der Waals surface area contributed by atoms with E-state index < -0.39 is 0 Å². The smallest absolute Gasteiger partial charge is 0.224 e. The van der Waals surface area contributed by atoms with Crippen LogP contribution in [0.2, 0.25) is 10.0 Å². The van der Waals surface area contributed by atoms with Gasteiger partial charge in [-0.1, -0.05) is 43.1 Å². The highest BCUT2D eigenvalue weighted by Gasteiger charge is 2.28. The van der Waals surface area contributed by atoms with Crippen LogP contribution in [0.4, 0.5) is 0 Å². The first-order valence-corrected chi connectivity index (χ1v) is 7.60. The summed E-state index contributed by atoms with van der Waals surface area (Å²) >= 11 is 12.5. The fourth-order valence-corrected chi connectivity index (χ4v) is 3.47. The molecule has 1 aliphatic heterocycles. The lowest BCUT2D eigenvalue weighted by Gasteiger charge is -2.28. The highest BCUT2D eigenvalue weighted by Crippen LogP contribution is 2.35. The largest absolute Gasteiger partial charge is 0.355 e. The monoisotopic (exact) mass is 350 g/mol. The van der Waals surface area contributed by atoms with Gasteiger partial charge in [0.25, 0.3) is 0 Å². The van der Waals surface area contributed by atoms with Gasteiger partial charge in [-0.25, -0.2) is 0 Å². The summed E-state index contributed by atoms with van der Waals surface area (Å²) in [5, 5.41) is 7.50. The molecule has 1 unspecified atom stereocenters. The average Bonchev–Trinajstić information content (AvgIpc) is 2.89. The summed E-state index contributed by atoms with van der Waals surface area (Å²) in [5.41, 5.74) is 0.574. The zero-order chi connectivity index (χ0) is 14.8. The van der Waals surface area contributed by atoms with Crippen molar-refractivity contribution in [3.05, 3.63) is 33.8 Å². The van der Waals surface area contributed by atoms with Crippen LogP contribution >= 0.6 is 35.6 Å². The fraction of sp³-hybridized carbons (Fsp3) is 0.533. The second-order valence-corrected chi connectivity index (χ2v) is 6.70. The third-order valence-corrected chi connectivity index (χ3v) is 4.41. The number of rotatable bonds is 4. The molecular formula is C15H21Cl3N2O. The van der Waals surface area contributed by atoms with Gasteiger partial charge in [0, 0.05) is 28.5 Å². The van der Waals surface area contributed by atoms with Crippen LogP contribution in [0.25, 0.3) is 0 Å². The van der Waals surface area contributed by atoms with Crippen molar-refractivity contribution >= 4 is 41.5 Å². The third kappa shape index (κ3) is 4.49. The van der Waals surface area contributed by atoms with Gasteiger partial charge in [-0.15, -0.1) is 12.4 Å². The zero-order valence-corrected chi connectivity index (χ0v) is 14.5. The van der Waals surface area contributed by atoms with E-state index in [2.05, 4.69) is 10.6 Å². The predicted octanol–water partition coefficient (Wildman–Crippen LogP) is 3.42. The molecule has 0 aromatic heterocycles. The standard InChI is InChI=1S/C15H20Cl2N2O.ClH/c1-15(2,13-11(16)4-3-5-12(13)17)9-19-14(20)10-6-7-18-8-10;/h3-5,10,18H,6-9H2,1-2H3,(H,19,20);1H. The lowest BCUT2D eigenvalue weighted by atomic mass is 9.84. The van der Waals surface area contributed by atoms with E-state index in [1.807, 2.05) is 32.0 Å². The van der Waals surface area contributed by atoms with E-state index in [1.165, 1.54) is 0 Å². The highest BCUT2D eigenvalue weighted by molar-refractivity contribution is 6.36. The molecule has 1 aromatic carbocycles. The Hall–Kier alpha value is -0.480. The molecule has 0 saturated carbocycles. The predicted molar refractivity (Wildman–Crippen MR) is 90.7 cm³/mol. The van der Waals surface area contributed by atoms with E-state index >= 15 is 0 Å². The Bertz CT molecular complexity index is 479. The van der Waals surface area contributed by atoms with Gasteiger partial charge >= 0.3 is 0 Å². The van der Waals surface area contributed by atoms with E-state index in [1.54, 1.807) is 0 Å². The number of halogens is 3. The van der Waals surface area contributed by atoms with Crippen molar-refractivity contribution in [2.24, 2.45) is 5.92 Å². The number of carbonyl (C=O) groups is 1. The van der Waals surface area contributed by atoms with E-state index in [0.29, 0.717) is 16.6 Å². The molecule has 1 amide bonds. The van der Waals surface area contributed by atoms with Gasteiger partial charge in [0.1, 0.15) is 0 Å². The Morgan fingerprint density at radius 3 is 2.52 bits per heavy atom. The molecule has 3 nitrogen and oxygen atoms in total. The van der Waals surface area contributed by atoms with Gasteiger partial charge in [0.15, 0.2) is 0 Å². The minimum absolute atomic E-state index is 0. The maximum atomic E-state index is 12.1. The van der Waals surface area contributed by atoms with Crippen molar-refractivity contribution < 1.29 is 4.79 Å². The first kappa shape index (κ1) is 18.6. The molecule has 118 valence electrons. The molecule has 2 rings (SSSR count). The summed E-state index contributed by atoms with van der Waals surface area (Å²) in [6, 6.07) is 5.48. The van der Waals surface area contributed by atoms with Crippen LogP contribution in [0.5, 0.6) is 0 Å². The van der Waals surface area contributed by atoms with Crippen LogP contribution in [0, 0.1) is 5.92 Å². The second kappa shape index (κ2) is 7.68. The van der Waals surface area contributed by atoms with Crippen LogP contribution in [-0.4, -0.2) is 25.5 Å². The normalized spacial score (nSPS) is 18.2. The highest BCUT2D eigenvalue weighted by atomic mass is 35.5. The molecule has 1 fully saturated rings. The summed E-state index contributed by atoms with van der Waals surface area (Å²) in [5.74, 6) is 0.179. The zero-order valence-electron chi connectivity index (χ0n) is 12.2. The molecule has 1 aliphatic rings. The summed E-state index contributed by atoms with van der Waals surface area (Å²) in [6.45, 7) is 6.27. The van der Waals surface area contributed by atoms with E-state index in [9.17, 15) is 4.79 Å². The van der Waals surface area contributed by atoms with Crippen molar-refractivity contribution in [1.82, 2.24) is 10.6 Å². The fourth-order valence-electron chi connectivity index (χ4n) is 2.56. The first-order chi connectivity index (χ1) is 9.42. The van der Waals surface area contributed by atoms with Gasteiger partial charge in [0.05, 0.1) is 5.92 Å². The molecule has 1 atom stereocenters. The molecule has 1 heterocycles. The Balaban J connectivity index is 0.00000220. The van der Waals surface area contributed by atoms with Crippen LogP contribution in [0.1, 0.15) is 25.8 Å². The molecule has 1 aromatic rings. The first-order valence-electron chi connectivity index (χ1n) is 6.85. The third-order valence-electron chi connectivity index (χ3n) is 3.78. The van der Waals surface area contributed by atoms with Crippen molar-refractivity contribution in [3.63, 3.8) is 0 Å². The summed E-state index contributed by atoms with van der Waals surface area (Å²) in [7, 11) is 0. The number of hydrogen-bond acceptors (Lipinski definition) is 2. The molecule has 0 aliphatic carbocycles. The van der Waals surface area contributed by atoms with E-state index in [0.717, 1.165) is 25.1 Å². The van der Waals surface area contributed by atoms with Gasteiger partial charge in [-0.2, -0.15) is 0 Å². The van der Waals surface area contributed by atoms with Crippen molar-refractivity contribution in [1.29, 1.82) is 0 Å². The Morgan fingerprint density at radius 1 is 1.38 bits per heavy atom. The van der Waals surface area contributed by atoms with Crippen LogP contribution in [0.3, 0.4) is 0 Å². The lowest BCUT2D eigenvalue weighted by molar-refractivity contribution is -0.124. The van der Waals surface area contributed by atoms with Crippen molar-refractivity contribution in [2.75, 3.05) is 19.6 Å². The molecular weight excluding hydrogens is 331 g/mol. The van der Waals surface area contributed by atoms with Gasteiger partial charge in [0.2, 0.25) is 5.91 Å². The topological polar surface area (TPSA) is 41.1 Å². The molecule has 6 heteroatoms. The van der Waals surface area contributed by atoms with Crippen LogP contribution in [0.15, 0.2) is 18.2 Å². The number of nitrogens with one attached hydrogen (secondary N) is 2. The second-order valence-electron chi connectivity index (χ2n) is 5.89. The SMILES string of the molecule is CC(C)(CNC(=O)C1CCNC1)c1c(Cl)cccc1Cl.Cl. The van der Waals surface area contributed by atoms with Crippen molar-refractivity contribution in [3.8, 4) is 0 Å². The quantitative estimate of drug-likeness (QED) is 0.872. The molecule has 0 bridgehead atoms. The molecule has 1 saturated heterocycles. The maximum Gasteiger partial charge on any atom is 0.224 e. The minimum Gasteiger partial charge on any atom is -0.355 e. The van der Waals surface area contributed by atoms with E-state index in [4.69, 9.17) is 23.2 Å². The van der Waals surface area contributed by atoms with Crippen molar-refractivity contribution in [2.45, 2.75) is 25.7 Å². The summed E-state index contributed by atoms with van der Waals surface area (Å²) in [6.07, 6.45) is 0.902. The van der Waals surface area contributed by atoms with Gasteiger partial charge in [-0.05, 0) is 30.7 Å². The summed E-state index contributed by atoms with van der Waals surface area (Å²) < 4.78 is 0. The number of hydrogen-bond donors (Lipinski definition) is 2. The molecule has 2 N–H and O–H groups in total. The number of benzene rings is 1. The maximum absolute atomic E-state index is 12.1. The van der Waals surface area contributed by atoms with Crippen LogP contribution in [-0.2, 0) is 10.2 Å². The Kier molecular flexibility index (Phi) is 6.79. The molecule has 21 heavy (non-hydrogen) atoms. The van der Waals surface area contributed by atoms with Gasteiger partial charge in [-0.3, -0.25) is 4.79 Å². The molecule has 0 spiro atoms. The summed E-state index contributed by atoms with van der Waals surface area (Å²) in [4.78, 5) is 12.1. The minimum atomic E-state index is -0.308. The van der Waals surface area contributed by atoms with Crippen LogP contribution < -0.4 is 10.6 Å². The Labute approximate surface area is 142 Å². The van der Waals surface area contributed by atoms with E-state index in [-0.39, 0.29) is 29.6 Å². The Morgan fingerprint density at radius 2 is 2.00 bits per heavy atom.